The molecule has 3 N–H and O–H groups in total. The maximum atomic E-state index is 12.6. The number of rotatable bonds is 7. The number of carbonyl (C=O) groups is 1. The van der Waals surface area contributed by atoms with Gasteiger partial charge in [-0.2, -0.15) is 0 Å². The Morgan fingerprint density at radius 3 is 2.59 bits per heavy atom. The van der Waals surface area contributed by atoms with E-state index in [1.54, 1.807) is 22.9 Å². The fourth-order valence-electron chi connectivity index (χ4n) is 3.40. The average molecular weight is 468 g/mol. The van der Waals surface area contributed by atoms with Gasteiger partial charge in [0.05, 0.1) is 33.9 Å². The van der Waals surface area contributed by atoms with Crippen LogP contribution >= 0.6 is 11.3 Å². The molecule has 168 valence electrons. The fourth-order valence-corrected chi connectivity index (χ4v) is 4.25. The number of nitrogens with zero attached hydrogens (tertiary/aromatic N) is 3. The summed E-state index contributed by atoms with van der Waals surface area (Å²) in [6.07, 6.45) is 1.87. The minimum Gasteiger partial charge on any atom is -0.457 e. The number of nitrogens with one attached hydrogen (secondary N) is 1. The zero-order chi connectivity index (χ0) is 23.3. The summed E-state index contributed by atoms with van der Waals surface area (Å²) in [6, 6.07) is 28.4. The summed E-state index contributed by atoms with van der Waals surface area (Å²) in [5.41, 5.74) is 8.78. The Labute approximate surface area is 200 Å². The molecule has 0 aliphatic heterocycles. The van der Waals surface area contributed by atoms with Crippen molar-refractivity contribution in [2.45, 2.75) is 6.54 Å². The van der Waals surface area contributed by atoms with E-state index in [9.17, 15) is 4.79 Å². The van der Waals surface area contributed by atoms with Crippen LogP contribution in [0.1, 0.15) is 15.2 Å². The Morgan fingerprint density at radius 2 is 1.74 bits per heavy atom. The fraction of sp³-hybridized carbons (Fsp3) is 0.0385. The summed E-state index contributed by atoms with van der Waals surface area (Å²) in [5, 5.41) is 11.4. The first kappa shape index (κ1) is 21.4. The van der Waals surface area contributed by atoms with Gasteiger partial charge in [0.15, 0.2) is 0 Å². The predicted octanol–water partition coefficient (Wildman–Crippen LogP) is 5.68. The third-order valence-corrected chi connectivity index (χ3v) is 6.16. The van der Waals surface area contributed by atoms with E-state index in [0.29, 0.717) is 28.5 Å². The molecule has 0 aliphatic carbocycles. The first-order valence-electron chi connectivity index (χ1n) is 10.6. The van der Waals surface area contributed by atoms with E-state index in [0.717, 1.165) is 21.9 Å². The van der Waals surface area contributed by atoms with Crippen LogP contribution in [0.4, 0.5) is 11.4 Å². The number of carbonyl (C=O) groups excluding carboxylic acids is 1. The Balaban J connectivity index is 1.26. The van der Waals surface area contributed by atoms with E-state index in [2.05, 4.69) is 15.6 Å². The molecule has 0 radical (unpaired) electrons. The Morgan fingerprint density at radius 1 is 0.941 bits per heavy atom. The topological polar surface area (TPSA) is 95.1 Å². The van der Waals surface area contributed by atoms with Crippen LogP contribution in [-0.2, 0) is 6.54 Å². The first-order valence-corrected chi connectivity index (χ1v) is 11.4. The van der Waals surface area contributed by atoms with E-state index >= 15 is 0 Å². The number of nitrogens with two attached hydrogens (primary N) is 1. The maximum absolute atomic E-state index is 12.6. The molecule has 0 bridgehead atoms. The Kier molecular flexibility index (Phi) is 6.05. The molecule has 0 fully saturated rings. The van der Waals surface area contributed by atoms with Crippen molar-refractivity contribution in [2.24, 2.45) is 0 Å². The van der Waals surface area contributed by atoms with Gasteiger partial charge >= 0.3 is 0 Å². The lowest BCUT2D eigenvalue weighted by Crippen LogP contribution is -2.11. The zero-order valence-corrected chi connectivity index (χ0v) is 18.9. The van der Waals surface area contributed by atoms with Gasteiger partial charge in [-0.05, 0) is 54.1 Å². The third-order valence-electron chi connectivity index (χ3n) is 5.05. The van der Waals surface area contributed by atoms with E-state index in [-0.39, 0.29) is 5.91 Å². The van der Waals surface area contributed by atoms with Crippen LogP contribution < -0.4 is 15.8 Å². The molecular weight excluding hydrogens is 446 g/mol. The second-order valence-electron chi connectivity index (χ2n) is 7.57. The monoisotopic (exact) mass is 467 g/mol. The lowest BCUT2D eigenvalue weighted by atomic mass is 10.2. The van der Waals surface area contributed by atoms with Crippen LogP contribution in [0.2, 0.25) is 0 Å². The molecule has 2 aromatic heterocycles. The first-order chi connectivity index (χ1) is 16.6. The van der Waals surface area contributed by atoms with Crippen molar-refractivity contribution >= 4 is 28.6 Å². The van der Waals surface area contributed by atoms with Gasteiger partial charge in [0.1, 0.15) is 17.2 Å². The molecule has 3 aromatic carbocycles. The molecule has 0 unspecified atom stereocenters. The predicted molar refractivity (Wildman–Crippen MR) is 134 cm³/mol. The Bertz CT molecular complexity index is 1430. The standard InChI is InChI=1S/C26H21N5O2S/c27-21-11-4-5-12-22(21)28-26(32)25-14-13-24(34-25)23-17-31(30-29-23)16-18-7-6-10-20(15-18)33-19-8-2-1-3-9-19/h1-15,17H,16,27H2,(H,28,32). The second kappa shape index (κ2) is 9.60. The molecule has 0 atom stereocenters. The molecule has 0 spiro atoms. The highest BCUT2D eigenvalue weighted by molar-refractivity contribution is 7.17. The highest BCUT2D eigenvalue weighted by Crippen LogP contribution is 2.28. The van der Waals surface area contributed by atoms with E-state index < -0.39 is 0 Å². The highest BCUT2D eigenvalue weighted by atomic mass is 32.1. The van der Waals surface area contributed by atoms with Crippen LogP contribution in [0.25, 0.3) is 10.6 Å². The summed E-state index contributed by atoms with van der Waals surface area (Å²) < 4.78 is 7.68. The van der Waals surface area contributed by atoms with E-state index in [4.69, 9.17) is 10.5 Å². The van der Waals surface area contributed by atoms with Crippen molar-refractivity contribution in [2.75, 3.05) is 11.1 Å². The lowest BCUT2D eigenvalue weighted by molar-refractivity contribution is 0.103. The van der Waals surface area contributed by atoms with Crippen molar-refractivity contribution in [1.82, 2.24) is 15.0 Å². The number of aromatic nitrogens is 3. The number of benzene rings is 3. The van der Waals surface area contributed by atoms with Crippen molar-refractivity contribution in [1.29, 1.82) is 0 Å². The van der Waals surface area contributed by atoms with E-state index in [1.165, 1.54) is 11.3 Å². The number of para-hydroxylation sites is 3. The van der Waals surface area contributed by atoms with Crippen molar-refractivity contribution in [3.05, 3.63) is 108 Å². The van der Waals surface area contributed by atoms with Gasteiger partial charge < -0.3 is 15.8 Å². The Hall–Kier alpha value is -4.43. The molecular formula is C26H21N5O2S. The molecule has 7 nitrogen and oxygen atoms in total. The van der Waals surface area contributed by atoms with Gasteiger partial charge in [-0.3, -0.25) is 4.79 Å². The summed E-state index contributed by atoms with van der Waals surface area (Å²) in [4.78, 5) is 14.0. The van der Waals surface area contributed by atoms with Crippen molar-refractivity contribution < 1.29 is 9.53 Å². The second-order valence-corrected chi connectivity index (χ2v) is 8.65. The summed E-state index contributed by atoms with van der Waals surface area (Å²) >= 11 is 1.35. The minimum atomic E-state index is -0.211. The van der Waals surface area contributed by atoms with Crippen molar-refractivity contribution in [3.8, 4) is 22.1 Å². The van der Waals surface area contributed by atoms with Gasteiger partial charge in [-0.1, -0.05) is 47.7 Å². The van der Waals surface area contributed by atoms with Gasteiger partial charge in [0.25, 0.3) is 5.91 Å². The number of anilines is 2. The smallest absolute Gasteiger partial charge is 0.265 e. The van der Waals surface area contributed by atoms with E-state index in [1.807, 2.05) is 79.0 Å². The van der Waals surface area contributed by atoms with Crippen LogP contribution in [-0.4, -0.2) is 20.9 Å². The SMILES string of the molecule is Nc1ccccc1NC(=O)c1ccc(-c2cn(Cc3cccc(Oc4ccccc4)c3)nn2)s1. The summed E-state index contributed by atoms with van der Waals surface area (Å²) in [7, 11) is 0. The minimum absolute atomic E-state index is 0.211. The number of hydrogen-bond acceptors (Lipinski definition) is 6. The molecule has 1 amide bonds. The molecule has 0 saturated heterocycles. The van der Waals surface area contributed by atoms with Gasteiger partial charge in [0.2, 0.25) is 0 Å². The summed E-state index contributed by atoms with van der Waals surface area (Å²) in [5.74, 6) is 1.34. The third kappa shape index (κ3) is 4.97. The normalized spacial score (nSPS) is 10.7. The van der Waals surface area contributed by atoms with Crippen molar-refractivity contribution in [3.63, 3.8) is 0 Å². The highest BCUT2D eigenvalue weighted by Gasteiger charge is 2.14. The molecule has 0 saturated carbocycles. The van der Waals surface area contributed by atoms with Gasteiger partial charge in [0, 0.05) is 0 Å². The van der Waals surface area contributed by atoms with Crippen LogP contribution in [0.5, 0.6) is 11.5 Å². The number of hydrogen-bond donors (Lipinski definition) is 2. The number of nitrogen functional groups attached to an aromatic ring is 1. The largest absolute Gasteiger partial charge is 0.457 e. The molecule has 5 rings (SSSR count). The molecule has 34 heavy (non-hydrogen) atoms. The van der Waals surface area contributed by atoms with Crippen LogP contribution in [0.3, 0.4) is 0 Å². The quantitative estimate of drug-likeness (QED) is 0.300. The molecule has 0 aliphatic rings. The molecule has 5 aromatic rings. The van der Waals surface area contributed by atoms with Gasteiger partial charge in [-0.15, -0.1) is 16.4 Å². The lowest BCUT2D eigenvalue weighted by Gasteiger charge is -2.07. The zero-order valence-electron chi connectivity index (χ0n) is 18.1. The number of thiophene rings is 1. The van der Waals surface area contributed by atoms with Crippen LogP contribution in [0, 0.1) is 0 Å². The molecule has 8 heteroatoms. The number of ether oxygens (including phenoxy) is 1. The van der Waals surface area contributed by atoms with Gasteiger partial charge in [-0.25, -0.2) is 4.68 Å². The average Bonchev–Trinajstić information content (AvgIpc) is 3.51. The molecule has 2 heterocycles. The number of amides is 1. The summed E-state index contributed by atoms with van der Waals surface area (Å²) in [6.45, 7) is 0.547. The van der Waals surface area contributed by atoms with Crippen LogP contribution in [0.15, 0.2) is 97.2 Å². The maximum Gasteiger partial charge on any atom is 0.265 e.